The van der Waals surface area contributed by atoms with Gasteiger partial charge in [-0.3, -0.25) is 9.48 Å². The molecule has 4 nitrogen and oxygen atoms in total. The molecule has 0 bridgehead atoms. The van der Waals surface area contributed by atoms with Gasteiger partial charge in [-0.25, -0.2) is 0 Å². The molecule has 0 N–H and O–H groups in total. The average molecular weight is 222 g/mol. The van der Waals surface area contributed by atoms with Crippen LogP contribution in [0.4, 0.5) is 0 Å². The van der Waals surface area contributed by atoms with Gasteiger partial charge in [0.1, 0.15) is 0 Å². The van der Waals surface area contributed by atoms with Crippen LogP contribution in [0, 0.1) is 0 Å². The molecule has 1 unspecified atom stereocenters. The van der Waals surface area contributed by atoms with E-state index in [1.54, 1.807) is 6.20 Å². The zero-order valence-corrected chi connectivity index (χ0v) is 9.69. The molecular weight excluding hydrogens is 204 g/mol. The molecule has 0 spiro atoms. The molecule has 0 aromatic carbocycles. The molecule has 2 heterocycles. The van der Waals surface area contributed by atoms with Crippen molar-refractivity contribution >= 4 is 5.78 Å². The summed E-state index contributed by atoms with van der Waals surface area (Å²) in [7, 11) is 0. The van der Waals surface area contributed by atoms with E-state index in [0.717, 1.165) is 31.6 Å². The van der Waals surface area contributed by atoms with E-state index >= 15 is 0 Å². The summed E-state index contributed by atoms with van der Waals surface area (Å²) < 4.78 is 7.38. The number of hydrogen-bond acceptors (Lipinski definition) is 3. The van der Waals surface area contributed by atoms with Gasteiger partial charge in [0.2, 0.25) is 0 Å². The van der Waals surface area contributed by atoms with Gasteiger partial charge in [-0.05, 0) is 19.3 Å². The first-order chi connectivity index (χ1) is 7.79. The van der Waals surface area contributed by atoms with Gasteiger partial charge >= 0.3 is 0 Å². The minimum Gasteiger partial charge on any atom is -0.378 e. The maximum absolute atomic E-state index is 11.4. The highest BCUT2D eigenvalue weighted by atomic mass is 16.5. The van der Waals surface area contributed by atoms with Gasteiger partial charge in [0.15, 0.2) is 5.78 Å². The standard InChI is InChI=1S/C12H18N2O2/c1-2-12(15)10-8-13-14(9-10)6-5-11-4-3-7-16-11/h8-9,11H,2-7H2,1H3. The molecular formula is C12H18N2O2. The lowest BCUT2D eigenvalue weighted by Gasteiger charge is -2.08. The van der Waals surface area contributed by atoms with E-state index < -0.39 is 0 Å². The van der Waals surface area contributed by atoms with E-state index in [-0.39, 0.29) is 5.78 Å². The molecule has 88 valence electrons. The quantitative estimate of drug-likeness (QED) is 0.716. The molecule has 1 aromatic rings. The third-order valence-electron chi connectivity index (χ3n) is 2.98. The van der Waals surface area contributed by atoms with Crippen molar-refractivity contribution < 1.29 is 9.53 Å². The lowest BCUT2D eigenvalue weighted by molar-refractivity contribution is 0.0987. The van der Waals surface area contributed by atoms with Crippen LogP contribution in [-0.2, 0) is 11.3 Å². The van der Waals surface area contributed by atoms with Gasteiger partial charge in [0.25, 0.3) is 0 Å². The fourth-order valence-electron chi connectivity index (χ4n) is 1.98. The zero-order chi connectivity index (χ0) is 11.4. The highest BCUT2D eigenvalue weighted by Crippen LogP contribution is 2.16. The second kappa shape index (κ2) is 5.25. The number of ketones is 1. The minimum absolute atomic E-state index is 0.156. The van der Waals surface area contributed by atoms with Crippen LogP contribution >= 0.6 is 0 Å². The van der Waals surface area contributed by atoms with Gasteiger partial charge in [0, 0.05) is 25.8 Å². The molecule has 1 aliphatic rings. The Morgan fingerprint density at radius 2 is 2.56 bits per heavy atom. The largest absolute Gasteiger partial charge is 0.378 e. The van der Waals surface area contributed by atoms with E-state index in [2.05, 4.69) is 5.10 Å². The minimum atomic E-state index is 0.156. The molecule has 1 fully saturated rings. The number of Topliss-reactive ketones (excluding diaryl/α,β-unsaturated/α-hetero) is 1. The number of nitrogens with zero attached hydrogens (tertiary/aromatic N) is 2. The molecule has 4 heteroatoms. The summed E-state index contributed by atoms with van der Waals surface area (Å²) in [6, 6.07) is 0. The number of hydrogen-bond donors (Lipinski definition) is 0. The van der Waals surface area contributed by atoms with Crippen LogP contribution in [0.5, 0.6) is 0 Å². The Kier molecular flexibility index (Phi) is 3.72. The number of carbonyl (C=O) groups excluding carboxylic acids is 1. The molecule has 1 aromatic heterocycles. The van der Waals surface area contributed by atoms with Gasteiger partial charge in [-0.15, -0.1) is 0 Å². The first-order valence-corrected chi connectivity index (χ1v) is 5.97. The smallest absolute Gasteiger partial charge is 0.165 e. The average Bonchev–Trinajstić information content (AvgIpc) is 2.96. The van der Waals surface area contributed by atoms with Crippen molar-refractivity contribution in [1.29, 1.82) is 0 Å². The van der Waals surface area contributed by atoms with E-state index in [4.69, 9.17) is 4.74 Å². The van der Waals surface area contributed by atoms with Crippen LogP contribution in [0.1, 0.15) is 43.0 Å². The van der Waals surface area contributed by atoms with Gasteiger partial charge in [0.05, 0.1) is 17.9 Å². The maximum atomic E-state index is 11.4. The summed E-state index contributed by atoms with van der Waals surface area (Å²) in [4.78, 5) is 11.4. The van der Waals surface area contributed by atoms with E-state index in [1.807, 2.05) is 17.8 Å². The highest BCUT2D eigenvalue weighted by molar-refractivity contribution is 5.95. The zero-order valence-electron chi connectivity index (χ0n) is 9.69. The Balaban J connectivity index is 1.85. The Hall–Kier alpha value is -1.16. The molecule has 0 saturated carbocycles. The predicted octanol–water partition coefficient (Wildman–Crippen LogP) is 2.04. The molecule has 1 saturated heterocycles. The number of ether oxygens (including phenoxy) is 1. The van der Waals surface area contributed by atoms with Crippen LogP contribution in [0.25, 0.3) is 0 Å². The topological polar surface area (TPSA) is 44.1 Å². The maximum Gasteiger partial charge on any atom is 0.165 e. The van der Waals surface area contributed by atoms with Crippen molar-refractivity contribution in [3.05, 3.63) is 18.0 Å². The summed E-state index contributed by atoms with van der Waals surface area (Å²) >= 11 is 0. The second-order valence-electron chi connectivity index (χ2n) is 4.19. The Morgan fingerprint density at radius 3 is 3.25 bits per heavy atom. The van der Waals surface area contributed by atoms with Gasteiger partial charge in [-0.1, -0.05) is 6.92 Å². The first kappa shape index (κ1) is 11.3. The normalized spacial score (nSPS) is 20.2. The Labute approximate surface area is 95.6 Å². The third kappa shape index (κ3) is 2.70. The van der Waals surface area contributed by atoms with Crippen molar-refractivity contribution in [2.24, 2.45) is 0 Å². The van der Waals surface area contributed by atoms with E-state index in [0.29, 0.717) is 12.5 Å². The fraction of sp³-hybridized carbons (Fsp3) is 0.667. The van der Waals surface area contributed by atoms with Crippen LogP contribution in [0.2, 0.25) is 0 Å². The number of aromatic nitrogens is 2. The Bertz CT molecular complexity index is 354. The lowest BCUT2D eigenvalue weighted by Crippen LogP contribution is -2.10. The summed E-state index contributed by atoms with van der Waals surface area (Å²) in [5, 5.41) is 4.19. The van der Waals surface area contributed by atoms with Crippen molar-refractivity contribution in [2.75, 3.05) is 6.61 Å². The molecule has 1 atom stereocenters. The highest BCUT2D eigenvalue weighted by Gasteiger charge is 2.15. The molecule has 0 radical (unpaired) electrons. The Morgan fingerprint density at radius 1 is 1.69 bits per heavy atom. The van der Waals surface area contributed by atoms with Crippen molar-refractivity contribution in [1.82, 2.24) is 9.78 Å². The monoisotopic (exact) mass is 222 g/mol. The van der Waals surface area contributed by atoms with Crippen molar-refractivity contribution in [3.63, 3.8) is 0 Å². The first-order valence-electron chi connectivity index (χ1n) is 5.97. The van der Waals surface area contributed by atoms with Crippen molar-refractivity contribution in [2.45, 2.75) is 45.3 Å². The lowest BCUT2D eigenvalue weighted by atomic mass is 10.2. The molecule has 1 aliphatic heterocycles. The summed E-state index contributed by atoms with van der Waals surface area (Å²) in [6.45, 7) is 3.59. The molecule has 0 aliphatic carbocycles. The number of aryl methyl sites for hydroxylation is 1. The van der Waals surface area contributed by atoms with Crippen LogP contribution in [-0.4, -0.2) is 28.3 Å². The van der Waals surface area contributed by atoms with Gasteiger partial charge < -0.3 is 4.74 Å². The molecule has 0 amide bonds. The van der Waals surface area contributed by atoms with Crippen LogP contribution in [0.3, 0.4) is 0 Å². The predicted molar refractivity (Wildman–Crippen MR) is 60.4 cm³/mol. The second-order valence-corrected chi connectivity index (χ2v) is 4.19. The van der Waals surface area contributed by atoms with E-state index in [9.17, 15) is 4.79 Å². The summed E-state index contributed by atoms with van der Waals surface area (Å²) in [5.41, 5.74) is 0.717. The fourth-order valence-corrected chi connectivity index (χ4v) is 1.98. The van der Waals surface area contributed by atoms with Crippen LogP contribution in [0.15, 0.2) is 12.4 Å². The van der Waals surface area contributed by atoms with Crippen molar-refractivity contribution in [3.8, 4) is 0 Å². The third-order valence-corrected chi connectivity index (χ3v) is 2.98. The number of rotatable bonds is 5. The van der Waals surface area contributed by atoms with Gasteiger partial charge in [-0.2, -0.15) is 5.10 Å². The molecule has 16 heavy (non-hydrogen) atoms. The summed E-state index contributed by atoms with van der Waals surface area (Å²) in [5.74, 6) is 0.156. The SMILES string of the molecule is CCC(=O)c1cnn(CCC2CCCO2)c1. The van der Waals surface area contributed by atoms with E-state index in [1.165, 1.54) is 6.42 Å². The number of carbonyl (C=O) groups is 1. The summed E-state index contributed by atoms with van der Waals surface area (Å²) in [6.07, 6.45) is 7.72. The molecule has 2 rings (SSSR count). The van der Waals surface area contributed by atoms with Crippen LogP contribution < -0.4 is 0 Å².